The van der Waals surface area contributed by atoms with Crippen molar-refractivity contribution in [1.29, 1.82) is 0 Å². The molecular formula is C17H16FN5O. The number of aliphatic imine (C=N–C) groups is 1. The van der Waals surface area contributed by atoms with E-state index in [1.165, 1.54) is 24.5 Å². The minimum Gasteiger partial charge on any atom is -0.384 e. The molecule has 2 aromatic rings. The second-order valence-corrected chi connectivity index (χ2v) is 5.51. The lowest BCUT2D eigenvalue weighted by molar-refractivity contribution is -0.120. The van der Waals surface area contributed by atoms with Crippen molar-refractivity contribution in [2.75, 3.05) is 5.32 Å². The average molecular weight is 325 g/mol. The SMILES string of the molecule is NC(/C=C\Nc1cncc(F)c1)=NC(=O)C1(c2ccccn2)CC1. The van der Waals surface area contributed by atoms with Crippen LogP contribution in [-0.2, 0) is 10.2 Å². The van der Waals surface area contributed by atoms with E-state index in [4.69, 9.17) is 5.73 Å². The number of hydrogen-bond acceptors (Lipinski definition) is 4. The minimum absolute atomic E-state index is 0.0686. The fourth-order valence-corrected chi connectivity index (χ4v) is 2.33. The van der Waals surface area contributed by atoms with Crippen molar-refractivity contribution < 1.29 is 9.18 Å². The summed E-state index contributed by atoms with van der Waals surface area (Å²) in [5, 5.41) is 2.81. The van der Waals surface area contributed by atoms with Gasteiger partial charge in [-0.25, -0.2) is 4.39 Å². The third kappa shape index (κ3) is 3.45. The van der Waals surface area contributed by atoms with Gasteiger partial charge in [0.15, 0.2) is 0 Å². The van der Waals surface area contributed by atoms with Gasteiger partial charge in [-0.15, -0.1) is 0 Å². The Balaban J connectivity index is 1.65. The monoisotopic (exact) mass is 325 g/mol. The van der Waals surface area contributed by atoms with Gasteiger partial charge in [0.25, 0.3) is 5.91 Å². The first-order valence-corrected chi connectivity index (χ1v) is 7.44. The molecule has 0 aromatic carbocycles. The van der Waals surface area contributed by atoms with Gasteiger partial charge in [0, 0.05) is 18.5 Å². The number of hydrogen-bond donors (Lipinski definition) is 2. The van der Waals surface area contributed by atoms with Crippen molar-refractivity contribution in [3.05, 3.63) is 66.6 Å². The van der Waals surface area contributed by atoms with Gasteiger partial charge in [0.2, 0.25) is 0 Å². The summed E-state index contributed by atoms with van der Waals surface area (Å²) >= 11 is 0. The van der Waals surface area contributed by atoms with Gasteiger partial charge < -0.3 is 11.1 Å². The number of aromatic nitrogens is 2. The van der Waals surface area contributed by atoms with E-state index in [0.29, 0.717) is 5.69 Å². The van der Waals surface area contributed by atoms with Crippen molar-refractivity contribution in [3.8, 4) is 0 Å². The molecule has 1 saturated carbocycles. The molecule has 7 heteroatoms. The summed E-state index contributed by atoms with van der Waals surface area (Å²) in [7, 11) is 0. The number of carbonyl (C=O) groups excluding carboxylic acids is 1. The predicted octanol–water partition coefficient (Wildman–Crippen LogP) is 2.16. The number of nitrogens with two attached hydrogens (primary N) is 1. The van der Waals surface area contributed by atoms with Crippen LogP contribution in [0.15, 0.2) is 60.1 Å². The van der Waals surface area contributed by atoms with Gasteiger partial charge >= 0.3 is 0 Å². The number of nitrogens with one attached hydrogen (secondary N) is 1. The molecule has 1 aliphatic rings. The second kappa shape index (κ2) is 6.57. The Kier molecular flexibility index (Phi) is 4.33. The highest BCUT2D eigenvalue weighted by Crippen LogP contribution is 2.48. The quantitative estimate of drug-likeness (QED) is 0.649. The van der Waals surface area contributed by atoms with Crippen molar-refractivity contribution in [3.63, 3.8) is 0 Å². The molecule has 0 spiro atoms. The van der Waals surface area contributed by atoms with E-state index in [9.17, 15) is 9.18 Å². The van der Waals surface area contributed by atoms with Gasteiger partial charge in [-0.3, -0.25) is 14.8 Å². The summed E-state index contributed by atoms with van der Waals surface area (Å²) in [5.41, 5.74) is 6.32. The van der Waals surface area contributed by atoms with Crippen LogP contribution < -0.4 is 11.1 Å². The Bertz CT molecular complexity index is 800. The smallest absolute Gasteiger partial charge is 0.259 e. The fraction of sp³-hybridized carbons (Fsp3) is 0.176. The van der Waals surface area contributed by atoms with Gasteiger partial charge in [-0.2, -0.15) is 4.99 Å². The molecule has 1 amide bonds. The number of amides is 1. The van der Waals surface area contributed by atoms with E-state index in [2.05, 4.69) is 20.3 Å². The maximum atomic E-state index is 13.0. The number of amidine groups is 1. The first-order valence-electron chi connectivity index (χ1n) is 7.44. The van der Waals surface area contributed by atoms with Crippen molar-refractivity contribution >= 4 is 17.4 Å². The second-order valence-electron chi connectivity index (χ2n) is 5.51. The summed E-state index contributed by atoms with van der Waals surface area (Å²) in [4.78, 5) is 24.3. The zero-order valence-corrected chi connectivity index (χ0v) is 12.8. The van der Waals surface area contributed by atoms with Gasteiger partial charge in [0.05, 0.1) is 29.2 Å². The Morgan fingerprint density at radius 2 is 2.21 bits per heavy atom. The molecule has 2 aromatic heterocycles. The molecule has 0 atom stereocenters. The lowest BCUT2D eigenvalue weighted by atomic mass is 10.0. The van der Waals surface area contributed by atoms with Crippen LogP contribution in [0.1, 0.15) is 18.5 Å². The third-order valence-corrected chi connectivity index (χ3v) is 3.75. The molecule has 122 valence electrons. The van der Waals surface area contributed by atoms with Crippen LogP contribution in [0.5, 0.6) is 0 Å². The highest BCUT2D eigenvalue weighted by Gasteiger charge is 2.52. The Morgan fingerprint density at radius 3 is 2.88 bits per heavy atom. The van der Waals surface area contributed by atoms with E-state index in [1.807, 2.05) is 12.1 Å². The van der Waals surface area contributed by atoms with Crippen molar-refractivity contribution in [2.24, 2.45) is 10.7 Å². The molecular weight excluding hydrogens is 309 g/mol. The summed E-state index contributed by atoms with van der Waals surface area (Å²) in [6, 6.07) is 6.76. The molecule has 2 heterocycles. The van der Waals surface area contributed by atoms with E-state index < -0.39 is 11.2 Å². The maximum Gasteiger partial charge on any atom is 0.259 e. The van der Waals surface area contributed by atoms with E-state index in [1.54, 1.807) is 12.3 Å². The number of pyridine rings is 2. The molecule has 3 rings (SSSR count). The Morgan fingerprint density at radius 1 is 1.38 bits per heavy atom. The molecule has 1 aliphatic carbocycles. The van der Waals surface area contributed by atoms with E-state index >= 15 is 0 Å². The first kappa shape index (κ1) is 15.8. The summed E-state index contributed by atoms with van der Waals surface area (Å²) in [6.45, 7) is 0. The van der Waals surface area contributed by atoms with Crippen LogP contribution in [0.3, 0.4) is 0 Å². The maximum absolute atomic E-state index is 13.0. The molecule has 3 N–H and O–H groups in total. The Labute approximate surface area is 138 Å². The number of halogens is 1. The largest absolute Gasteiger partial charge is 0.384 e. The minimum atomic E-state index is -0.639. The lowest BCUT2D eigenvalue weighted by Gasteiger charge is -2.09. The van der Waals surface area contributed by atoms with Crippen LogP contribution in [0.2, 0.25) is 0 Å². The molecule has 0 bridgehead atoms. The summed E-state index contributed by atoms with van der Waals surface area (Å²) in [6.07, 6.45) is 8.59. The van der Waals surface area contributed by atoms with Gasteiger partial charge in [-0.1, -0.05) is 6.07 Å². The van der Waals surface area contributed by atoms with Gasteiger partial charge in [-0.05, 0) is 31.1 Å². The normalized spacial score (nSPS) is 16.1. The zero-order chi connectivity index (χ0) is 17.0. The molecule has 0 aliphatic heterocycles. The predicted molar refractivity (Wildman–Crippen MR) is 88.7 cm³/mol. The van der Waals surface area contributed by atoms with Crippen molar-refractivity contribution in [1.82, 2.24) is 9.97 Å². The van der Waals surface area contributed by atoms with Crippen LogP contribution in [-0.4, -0.2) is 21.7 Å². The van der Waals surface area contributed by atoms with Crippen LogP contribution >= 0.6 is 0 Å². The zero-order valence-electron chi connectivity index (χ0n) is 12.8. The lowest BCUT2D eigenvalue weighted by Crippen LogP contribution is -2.23. The summed E-state index contributed by atoms with van der Waals surface area (Å²) < 4.78 is 13.0. The van der Waals surface area contributed by atoms with Crippen molar-refractivity contribution in [2.45, 2.75) is 18.3 Å². The molecule has 6 nitrogen and oxygen atoms in total. The van der Waals surface area contributed by atoms with Gasteiger partial charge in [0.1, 0.15) is 11.7 Å². The molecule has 0 saturated heterocycles. The van der Waals surface area contributed by atoms with Crippen LogP contribution in [0.4, 0.5) is 10.1 Å². The topological polar surface area (TPSA) is 93.3 Å². The highest BCUT2D eigenvalue weighted by atomic mass is 19.1. The molecule has 24 heavy (non-hydrogen) atoms. The van der Waals surface area contributed by atoms with E-state index in [0.717, 1.165) is 24.7 Å². The fourth-order valence-electron chi connectivity index (χ4n) is 2.33. The average Bonchev–Trinajstić information content (AvgIpc) is 3.38. The third-order valence-electron chi connectivity index (χ3n) is 3.75. The number of carbonyl (C=O) groups is 1. The van der Waals surface area contributed by atoms with E-state index in [-0.39, 0.29) is 11.7 Å². The molecule has 0 unspecified atom stereocenters. The molecule has 1 fully saturated rings. The Hall–Kier alpha value is -3.09. The summed E-state index contributed by atoms with van der Waals surface area (Å²) in [5.74, 6) is -0.675. The number of rotatable bonds is 5. The first-order chi connectivity index (χ1) is 11.6. The number of anilines is 1. The number of nitrogens with zero attached hydrogens (tertiary/aromatic N) is 3. The van der Waals surface area contributed by atoms with Crippen LogP contribution in [0.25, 0.3) is 0 Å². The molecule has 0 radical (unpaired) electrons. The highest BCUT2D eigenvalue weighted by molar-refractivity contribution is 6.04. The standard InChI is InChI=1S/C17H16FN5O/c18-12-9-13(11-20-10-12)21-8-4-15(19)23-16(24)17(5-6-17)14-3-1-2-7-22-14/h1-4,7-11,21H,5-6H2,(H2,19,23,24)/b8-4-. The van der Waals surface area contributed by atoms with Crippen LogP contribution in [0, 0.1) is 5.82 Å².